The van der Waals surface area contributed by atoms with Crippen LogP contribution in [0, 0.1) is 5.92 Å². The summed E-state index contributed by atoms with van der Waals surface area (Å²) in [6.45, 7) is 5.44. The van der Waals surface area contributed by atoms with E-state index in [1.165, 1.54) is 5.56 Å². The molecule has 2 unspecified atom stereocenters. The molecule has 17 heavy (non-hydrogen) atoms. The van der Waals surface area contributed by atoms with E-state index in [-0.39, 0.29) is 0 Å². The molecule has 1 saturated heterocycles. The molecule has 0 amide bonds. The zero-order valence-electron chi connectivity index (χ0n) is 10.00. The summed E-state index contributed by atoms with van der Waals surface area (Å²) >= 11 is 7.04. The number of nitrogens with zero attached hydrogens (tertiary/aromatic N) is 1. The van der Waals surface area contributed by atoms with Gasteiger partial charge in [-0.2, -0.15) is 0 Å². The largest absolute Gasteiger partial charge is 0.327 e. The van der Waals surface area contributed by atoms with Crippen molar-refractivity contribution in [3.63, 3.8) is 0 Å². The summed E-state index contributed by atoms with van der Waals surface area (Å²) in [5.41, 5.74) is 7.40. The average Bonchev–Trinajstić information content (AvgIpc) is 2.22. The van der Waals surface area contributed by atoms with E-state index in [0.717, 1.165) is 35.0 Å². The van der Waals surface area contributed by atoms with E-state index in [4.69, 9.17) is 5.73 Å². The minimum absolute atomic E-state index is 0.331. The molecule has 0 aliphatic carbocycles. The van der Waals surface area contributed by atoms with Crippen LogP contribution in [0.1, 0.15) is 18.9 Å². The molecule has 1 fully saturated rings. The highest BCUT2D eigenvalue weighted by Gasteiger charge is 2.21. The minimum atomic E-state index is 0.331. The molecule has 1 aliphatic rings. The van der Waals surface area contributed by atoms with Crippen LogP contribution in [0.2, 0.25) is 0 Å². The Bertz CT molecular complexity index is 385. The molecule has 2 nitrogen and oxygen atoms in total. The van der Waals surface area contributed by atoms with Crippen LogP contribution in [0.25, 0.3) is 0 Å². The molecule has 1 aromatic rings. The van der Waals surface area contributed by atoms with Crippen LogP contribution >= 0.6 is 31.9 Å². The molecular weight excluding hydrogens is 344 g/mol. The van der Waals surface area contributed by atoms with E-state index in [1.807, 2.05) is 0 Å². The Morgan fingerprint density at radius 1 is 1.29 bits per heavy atom. The number of nitrogens with two attached hydrogens (primary N) is 1. The lowest BCUT2D eigenvalue weighted by atomic mass is 9.96. The molecule has 1 aliphatic heterocycles. The fourth-order valence-electron chi connectivity index (χ4n) is 2.54. The van der Waals surface area contributed by atoms with Crippen molar-refractivity contribution in [1.29, 1.82) is 0 Å². The van der Waals surface area contributed by atoms with Gasteiger partial charge in [0.2, 0.25) is 0 Å². The van der Waals surface area contributed by atoms with Gasteiger partial charge < -0.3 is 5.73 Å². The highest BCUT2D eigenvalue weighted by molar-refractivity contribution is 9.13. The van der Waals surface area contributed by atoms with Crippen molar-refractivity contribution < 1.29 is 0 Å². The third-order valence-electron chi connectivity index (χ3n) is 3.16. The smallest absolute Gasteiger partial charge is 0.0320 e. The van der Waals surface area contributed by atoms with E-state index in [2.05, 4.69) is 61.9 Å². The van der Waals surface area contributed by atoms with E-state index < -0.39 is 0 Å². The van der Waals surface area contributed by atoms with Crippen molar-refractivity contribution in [2.45, 2.75) is 25.9 Å². The van der Waals surface area contributed by atoms with Crippen LogP contribution < -0.4 is 5.73 Å². The van der Waals surface area contributed by atoms with Gasteiger partial charge in [-0.05, 0) is 61.9 Å². The Morgan fingerprint density at radius 3 is 2.71 bits per heavy atom. The fraction of sp³-hybridized carbons (Fsp3) is 0.538. The van der Waals surface area contributed by atoms with Gasteiger partial charge in [0.05, 0.1) is 0 Å². The lowest BCUT2D eigenvalue weighted by Gasteiger charge is -2.34. The molecule has 0 aromatic heterocycles. The first kappa shape index (κ1) is 13.5. The molecule has 2 rings (SSSR count). The van der Waals surface area contributed by atoms with Gasteiger partial charge in [-0.1, -0.05) is 13.0 Å². The maximum absolute atomic E-state index is 6.06. The third kappa shape index (κ3) is 3.78. The first-order chi connectivity index (χ1) is 8.04. The van der Waals surface area contributed by atoms with Crippen LogP contribution in [0.5, 0.6) is 0 Å². The van der Waals surface area contributed by atoms with Gasteiger partial charge >= 0.3 is 0 Å². The number of rotatable bonds is 2. The Labute approximate surface area is 120 Å². The first-order valence-electron chi connectivity index (χ1n) is 5.96. The van der Waals surface area contributed by atoms with Gasteiger partial charge in [-0.25, -0.2) is 0 Å². The molecule has 2 N–H and O–H groups in total. The lowest BCUT2D eigenvalue weighted by molar-refractivity contribution is 0.158. The summed E-state index contributed by atoms with van der Waals surface area (Å²) < 4.78 is 2.22. The summed E-state index contributed by atoms with van der Waals surface area (Å²) in [6.07, 6.45) is 1.15. The number of hydrogen-bond acceptors (Lipinski definition) is 2. The highest BCUT2D eigenvalue weighted by atomic mass is 79.9. The monoisotopic (exact) mass is 360 g/mol. The van der Waals surface area contributed by atoms with Crippen molar-refractivity contribution in [3.05, 3.63) is 32.7 Å². The van der Waals surface area contributed by atoms with Crippen molar-refractivity contribution in [3.8, 4) is 0 Å². The normalized spacial score (nSPS) is 26.1. The fourth-order valence-corrected chi connectivity index (χ4v) is 3.21. The van der Waals surface area contributed by atoms with Crippen molar-refractivity contribution in [1.82, 2.24) is 4.90 Å². The van der Waals surface area contributed by atoms with Crippen molar-refractivity contribution >= 4 is 31.9 Å². The Balaban J connectivity index is 2.02. The van der Waals surface area contributed by atoms with Gasteiger partial charge in [0, 0.05) is 34.6 Å². The predicted molar refractivity (Wildman–Crippen MR) is 78.9 cm³/mol. The molecule has 94 valence electrons. The quantitative estimate of drug-likeness (QED) is 0.874. The van der Waals surface area contributed by atoms with Crippen molar-refractivity contribution in [2.75, 3.05) is 13.1 Å². The summed E-state index contributed by atoms with van der Waals surface area (Å²) in [6, 6.07) is 6.76. The van der Waals surface area contributed by atoms with E-state index >= 15 is 0 Å². The van der Waals surface area contributed by atoms with Crippen LogP contribution in [-0.2, 0) is 6.54 Å². The number of likely N-dealkylation sites (tertiary alicyclic amines) is 1. The SMILES string of the molecule is CC1CC(N)CN(Cc2ccc(Br)c(Br)c2)C1. The Morgan fingerprint density at radius 2 is 2.06 bits per heavy atom. The highest BCUT2D eigenvalue weighted by Crippen LogP contribution is 2.25. The molecule has 1 aromatic carbocycles. The number of piperidine rings is 1. The zero-order chi connectivity index (χ0) is 12.4. The van der Waals surface area contributed by atoms with Crippen LogP contribution in [-0.4, -0.2) is 24.0 Å². The van der Waals surface area contributed by atoms with Gasteiger partial charge in [0.1, 0.15) is 0 Å². The van der Waals surface area contributed by atoms with Crippen LogP contribution in [0.3, 0.4) is 0 Å². The maximum atomic E-state index is 6.06. The summed E-state index contributed by atoms with van der Waals surface area (Å²) in [7, 11) is 0. The van der Waals surface area contributed by atoms with E-state index in [9.17, 15) is 0 Å². The van der Waals surface area contributed by atoms with Gasteiger partial charge in [-0.15, -0.1) is 0 Å². The zero-order valence-corrected chi connectivity index (χ0v) is 13.2. The Hall–Kier alpha value is 0.1000. The van der Waals surface area contributed by atoms with E-state index in [1.54, 1.807) is 0 Å². The topological polar surface area (TPSA) is 29.3 Å². The molecule has 0 saturated carbocycles. The molecule has 1 heterocycles. The second-order valence-corrected chi connectivity index (χ2v) is 6.75. The maximum Gasteiger partial charge on any atom is 0.0320 e. The average molecular weight is 362 g/mol. The van der Waals surface area contributed by atoms with Gasteiger partial charge in [-0.3, -0.25) is 4.90 Å². The van der Waals surface area contributed by atoms with Crippen molar-refractivity contribution in [2.24, 2.45) is 11.7 Å². The molecule has 0 radical (unpaired) electrons. The summed E-state index contributed by atoms with van der Waals surface area (Å²) in [4.78, 5) is 2.45. The number of halogens is 2. The molecule has 4 heteroatoms. The third-order valence-corrected chi connectivity index (χ3v) is 5.04. The van der Waals surface area contributed by atoms with Gasteiger partial charge in [0.25, 0.3) is 0 Å². The second-order valence-electron chi connectivity index (χ2n) is 5.04. The number of hydrogen-bond donors (Lipinski definition) is 1. The molecule has 0 spiro atoms. The molecule has 0 bridgehead atoms. The summed E-state index contributed by atoms with van der Waals surface area (Å²) in [5, 5.41) is 0. The Kier molecular flexibility index (Phi) is 4.64. The predicted octanol–water partition coefficient (Wildman–Crippen LogP) is 3.38. The second kappa shape index (κ2) is 5.83. The van der Waals surface area contributed by atoms with Crippen LogP contribution in [0.4, 0.5) is 0 Å². The lowest BCUT2D eigenvalue weighted by Crippen LogP contribution is -2.45. The standard InChI is InChI=1S/C13H18Br2N2/c1-9-4-11(16)8-17(6-9)7-10-2-3-12(14)13(15)5-10/h2-3,5,9,11H,4,6-8,16H2,1H3. The van der Waals surface area contributed by atoms with Gasteiger partial charge in [0.15, 0.2) is 0 Å². The van der Waals surface area contributed by atoms with Crippen LogP contribution in [0.15, 0.2) is 27.1 Å². The van der Waals surface area contributed by atoms with E-state index in [0.29, 0.717) is 12.0 Å². The minimum Gasteiger partial charge on any atom is -0.327 e. The summed E-state index contributed by atoms with van der Waals surface area (Å²) in [5.74, 6) is 0.706. The number of benzene rings is 1. The molecule has 2 atom stereocenters. The molecular formula is C13H18Br2N2. The first-order valence-corrected chi connectivity index (χ1v) is 7.55.